The number of aromatic nitrogens is 3. The molecule has 1 amide bonds. The number of rotatable bonds is 4. The largest absolute Gasteiger partial charge is 0.342 e. The minimum atomic E-state index is -0.403. The van der Waals surface area contributed by atoms with E-state index in [2.05, 4.69) is 10.2 Å². The summed E-state index contributed by atoms with van der Waals surface area (Å²) >= 11 is 1.25. The summed E-state index contributed by atoms with van der Waals surface area (Å²) in [4.78, 5) is 14.6. The highest BCUT2D eigenvalue weighted by Gasteiger charge is 2.32. The van der Waals surface area contributed by atoms with Gasteiger partial charge < -0.3 is 10.7 Å². The van der Waals surface area contributed by atoms with E-state index in [-0.39, 0.29) is 17.5 Å². The number of amides is 1. The maximum atomic E-state index is 14.0. The third kappa shape index (κ3) is 3.81. The Bertz CT molecular complexity index is 826. The van der Waals surface area contributed by atoms with Gasteiger partial charge in [0.1, 0.15) is 5.82 Å². The lowest BCUT2D eigenvalue weighted by Gasteiger charge is -2.41. The molecule has 1 aliphatic carbocycles. The highest BCUT2D eigenvalue weighted by molar-refractivity contribution is 7.99. The highest BCUT2D eigenvalue weighted by Crippen LogP contribution is 2.36. The van der Waals surface area contributed by atoms with Crippen LogP contribution in [0.3, 0.4) is 0 Å². The minimum absolute atomic E-state index is 0.111. The Balaban J connectivity index is 1.38. The first-order valence-corrected chi connectivity index (χ1v) is 10.5. The highest BCUT2D eigenvalue weighted by atomic mass is 32.2. The normalized spacial score (nSPS) is 22.5. The average Bonchev–Trinajstić information content (AvgIpc) is 3.06. The van der Waals surface area contributed by atoms with E-state index in [1.807, 2.05) is 4.90 Å². The number of carbonyl (C=O) groups is 1. The van der Waals surface area contributed by atoms with Crippen LogP contribution in [0.25, 0.3) is 11.4 Å². The second-order valence-corrected chi connectivity index (χ2v) is 8.32. The lowest BCUT2D eigenvalue weighted by atomic mass is 9.75. The van der Waals surface area contributed by atoms with Gasteiger partial charge in [-0.15, -0.1) is 10.2 Å². The molecule has 1 aromatic carbocycles. The standard InChI is InChI=1S/C19H24FN5OS/c20-16-8-4-3-7-15(16)18-22-23-19(25(18)21)27-12-17(26)24-10-9-13-5-1-2-6-14(13)11-24/h3-4,7-8,13-14H,1-2,5-6,9-12,21H2/t13-,14-/m1/s1. The van der Waals surface area contributed by atoms with Gasteiger partial charge in [-0.2, -0.15) is 0 Å². The van der Waals surface area contributed by atoms with Crippen LogP contribution in [0.4, 0.5) is 4.39 Å². The number of carbonyl (C=O) groups excluding carboxylic acids is 1. The molecule has 2 N–H and O–H groups in total. The molecule has 2 aromatic rings. The van der Waals surface area contributed by atoms with E-state index in [0.717, 1.165) is 25.4 Å². The van der Waals surface area contributed by atoms with Crippen molar-refractivity contribution in [2.45, 2.75) is 37.3 Å². The summed E-state index contributed by atoms with van der Waals surface area (Å²) in [5.41, 5.74) is 0.296. The molecule has 2 heterocycles. The van der Waals surface area contributed by atoms with Crippen molar-refractivity contribution in [1.29, 1.82) is 0 Å². The summed E-state index contributed by atoms with van der Waals surface area (Å²) in [5.74, 6) is 7.72. The molecule has 4 rings (SSSR count). The van der Waals surface area contributed by atoms with Gasteiger partial charge in [0, 0.05) is 13.1 Å². The number of benzene rings is 1. The Morgan fingerprint density at radius 2 is 1.96 bits per heavy atom. The number of nitrogens with two attached hydrogens (primary N) is 1. The zero-order valence-corrected chi connectivity index (χ0v) is 16.0. The molecule has 8 heteroatoms. The van der Waals surface area contributed by atoms with Crippen LogP contribution in [0, 0.1) is 17.7 Å². The molecule has 27 heavy (non-hydrogen) atoms. The van der Waals surface area contributed by atoms with Gasteiger partial charge in [-0.25, -0.2) is 9.07 Å². The van der Waals surface area contributed by atoms with Crippen molar-refractivity contribution < 1.29 is 9.18 Å². The number of hydrogen-bond donors (Lipinski definition) is 1. The molecule has 2 atom stereocenters. The van der Waals surface area contributed by atoms with Crippen LogP contribution in [-0.2, 0) is 4.79 Å². The predicted molar refractivity (Wildman–Crippen MR) is 103 cm³/mol. The van der Waals surface area contributed by atoms with E-state index in [1.165, 1.54) is 48.2 Å². The molecule has 1 saturated heterocycles. The number of halogens is 1. The Kier molecular flexibility index (Phi) is 5.33. The first kappa shape index (κ1) is 18.3. The molecule has 0 radical (unpaired) electrons. The molecule has 2 fully saturated rings. The number of nitrogens with zero attached hydrogens (tertiary/aromatic N) is 4. The molecular weight excluding hydrogens is 365 g/mol. The molecule has 144 valence electrons. The summed E-state index contributed by atoms with van der Waals surface area (Å²) in [5, 5.41) is 8.43. The fraction of sp³-hybridized carbons (Fsp3) is 0.526. The van der Waals surface area contributed by atoms with E-state index < -0.39 is 5.82 Å². The van der Waals surface area contributed by atoms with Crippen LogP contribution in [0.1, 0.15) is 32.1 Å². The Labute approximate surface area is 162 Å². The minimum Gasteiger partial charge on any atom is -0.342 e. The van der Waals surface area contributed by atoms with Crippen LogP contribution in [0.15, 0.2) is 29.4 Å². The lowest BCUT2D eigenvalue weighted by Crippen LogP contribution is -2.45. The maximum Gasteiger partial charge on any atom is 0.233 e. The van der Waals surface area contributed by atoms with Crippen molar-refractivity contribution in [3.63, 3.8) is 0 Å². The topological polar surface area (TPSA) is 77.0 Å². The summed E-state index contributed by atoms with van der Waals surface area (Å²) in [6, 6.07) is 6.30. The van der Waals surface area contributed by atoms with Crippen molar-refractivity contribution in [3.8, 4) is 11.4 Å². The molecule has 2 aliphatic rings. The van der Waals surface area contributed by atoms with E-state index in [9.17, 15) is 9.18 Å². The van der Waals surface area contributed by atoms with Crippen molar-refractivity contribution in [1.82, 2.24) is 19.8 Å². The number of thioether (sulfide) groups is 1. The molecule has 0 bridgehead atoms. The van der Waals surface area contributed by atoms with Crippen molar-refractivity contribution in [3.05, 3.63) is 30.1 Å². The quantitative estimate of drug-likeness (QED) is 0.643. The predicted octanol–water partition coefficient (Wildman–Crippen LogP) is 2.93. The van der Waals surface area contributed by atoms with E-state index in [1.54, 1.807) is 18.2 Å². The molecule has 0 spiro atoms. The number of hydrogen-bond acceptors (Lipinski definition) is 5. The fourth-order valence-electron chi connectivity index (χ4n) is 4.25. The number of piperidine rings is 1. The molecule has 1 saturated carbocycles. The Morgan fingerprint density at radius 3 is 2.78 bits per heavy atom. The lowest BCUT2D eigenvalue weighted by molar-refractivity contribution is -0.131. The molecule has 6 nitrogen and oxygen atoms in total. The van der Waals surface area contributed by atoms with Crippen molar-refractivity contribution in [2.24, 2.45) is 11.8 Å². The molecule has 1 aromatic heterocycles. The maximum absolute atomic E-state index is 14.0. The molecule has 0 unspecified atom stereocenters. The average molecular weight is 390 g/mol. The Morgan fingerprint density at radius 1 is 1.19 bits per heavy atom. The van der Waals surface area contributed by atoms with Gasteiger partial charge >= 0.3 is 0 Å². The van der Waals surface area contributed by atoms with Gasteiger partial charge in [-0.05, 0) is 36.8 Å². The van der Waals surface area contributed by atoms with Crippen LogP contribution in [-0.4, -0.2) is 44.5 Å². The Hall–Kier alpha value is -2.09. The second kappa shape index (κ2) is 7.88. The van der Waals surface area contributed by atoms with Crippen molar-refractivity contribution in [2.75, 3.05) is 24.7 Å². The van der Waals surface area contributed by atoms with Crippen LogP contribution >= 0.6 is 11.8 Å². The summed E-state index contributed by atoms with van der Waals surface area (Å²) in [6.45, 7) is 1.72. The third-order valence-corrected chi connectivity index (χ3v) is 6.68. The van der Waals surface area contributed by atoms with Gasteiger partial charge in [0.25, 0.3) is 0 Å². The van der Waals surface area contributed by atoms with E-state index in [4.69, 9.17) is 5.84 Å². The first-order valence-electron chi connectivity index (χ1n) is 9.49. The van der Waals surface area contributed by atoms with E-state index >= 15 is 0 Å². The molecule has 1 aliphatic heterocycles. The summed E-state index contributed by atoms with van der Waals surface area (Å²) < 4.78 is 15.2. The summed E-state index contributed by atoms with van der Waals surface area (Å²) in [6.07, 6.45) is 6.29. The third-order valence-electron chi connectivity index (χ3n) is 5.75. The zero-order chi connectivity index (χ0) is 18.8. The van der Waals surface area contributed by atoms with E-state index in [0.29, 0.717) is 16.6 Å². The SMILES string of the molecule is Nn1c(SCC(=O)N2CC[C@H]3CCCC[C@@H]3C2)nnc1-c1ccccc1F. The fourth-order valence-corrected chi connectivity index (χ4v) is 5.01. The number of fused-ring (bicyclic) bond motifs is 1. The smallest absolute Gasteiger partial charge is 0.233 e. The zero-order valence-electron chi connectivity index (χ0n) is 15.2. The second-order valence-electron chi connectivity index (χ2n) is 7.38. The number of likely N-dealkylation sites (tertiary alicyclic amines) is 1. The monoisotopic (exact) mass is 389 g/mol. The van der Waals surface area contributed by atoms with Gasteiger partial charge in [0.2, 0.25) is 11.1 Å². The van der Waals surface area contributed by atoms with Gasteiger partial charge in [-0.3, -0.25) is 4.79 Å². The van der Waals surface area contributed by atoms with Crippen molar-refractivity contribution >= 4 is 17.7 Å². The number of nitrogen functional groups attached to an aromatic ring is 1. The van der Waals surface area contributed by atoms with Gasteiger partial charge in [-0.1, -0.05) is 43.2 Å². The van der Waals surface area contributed by atoms with Gasteiger partial charge in [0.15, 0.2) is 5.82 Å². The van der Waals surface area contributed by atoms with Crippen LogP contribution in [0.2, 0.25) is 0 Å². The van der Waals surface area contributed by atoms with Crippen LogP contribution < -0.4 is 5.84 Å². The first-order chi connectivity index (χ1) is 13.1. The van der Waals surface area contributed by atoms with Gasteiger partial charge in [0.05, 0.1) is 11.3 Å². The summed E-state index contributed by atoms with van der Waals surface area (Å²) in [7, 11) is 0. The molecular formula is C19H24FN5OS. The van der Waals surface area contributed by atoms with Crippen LogP contribution in [0.5, 0.6) is 0 Å².